The quantitative estimate of drug-likeness (QED) is 0.390. The van der Waals surface area contributed by atoms with Crippen molar-refractivity contribution < 1.29 is 14.3 Å². The Morgan fingerprint density at radius 3 is 2.36 bits per heavy atom. The molecule has 0 aromatic heterocycles. The summed E-state index contributed by atoms with van der Waals surface area (Å²) in [6.45, 7) is 5.53. The number of hydrogen-bond acceptors (Lipinski definition) is 3. The molecule has 0 heterocycles. The number of carbonyl (C=O) groups is 1. The molecule has 1 aromatic carbocycles. The molecule has 0 bridgehead atoms. The molecule has 0 saturated heterocycles. The first kappa shape index (κ1) is 19.0. The highest BCUT2D eigenvalue weighted by Gasteiger charge is 2.05. The van der Waals surface area contributed by atoms with E-state index in [0.717, 1.165) is 18.8 Å². The number of hydrogen-bond donors (Lipinski definition) is 0. The van der Waals surface area contributed by atoms with Gasteiger partial charge in [-0.3, -0.25) is 4.79 Å². The molecule has 0 aliphatic heterocycles. The SMILES string of the molecule is CCCCCCCCO[C@@H](C)COc1ccc(C(=O)Cl)cc1. The maximum atomic E-state index is 11.0. The Hall–Kier alpha value is -1.06. The lowest BCUT2D eigenvalue weighted by Crippen LogP contribution is -2.18. The fourth-order valence-electron chi connectivity index (χ4n) is 2.11. The second-order valence-electron chi connectivity index (χ2n) is 5.56. The molecule has 1 rings (SSSR count). The zero-order valence-electron chi connectivity index (χ0n) is 13.6. The van der Waals surface area contributed by atoms with E-state index in [4.69, 9.17) is 21.1 Å². The van der Waals surface area contributed by atoms with Crippen LogP contribution in [0.5, 0.6) is 5.75 Å². The van der Waals surface area contributed by atoms with Crippen molar-refractivity contribution in [3.63, 3.8) is 0 Å². The monoisotopic (exact) mass is 326 g/mol. The van der Waals surface area contributed by atoms with Gasteiger partial charge >= 0.3 is 0 Å². The van der Waals surface area contributed by atoms with Crippen LogP contribution in [0, 0.1) is 0 Å². The van der Waals surface area contributed by atoms with E-state index >= 15 is 0 Å². The lowest BCUT2D eigenvalue weighted by atomic mass is 10.1. The summed E-state index contributed by atoms with van der Waals surface area (Å²) >= 11 is 5.39. The molecule has 0 fully saturated rings. The summed E-state index contributed by atoms with van der Waals surface area (Å²) in [5.74, 6) is 0.719. The van der Waals surface area contributed by atoms with Crippen LogP contribution in [0.2, 0.25) is 0 Å². The minimum Gasteiger partial charge on any atom is -0.491 e. The van der Waals surface area contributed by atoms with E-state index in [9.17, 15) is 4.79 Å². The third kappa shape index (κ3) is 8.40. The van der Waals surface area contributed by atoms with Crippen molar-refractivity contribution in [2.24, 2.45) is 0 Å². The molecule has 0 aliphatic carbocycles. The molecule has 0 N–H and O–H groups in total. The smallest absolute Gasteiger partial charge is 0.252 e. The number of unbranched alkanes of at least 4 members (excludes halogenated alkanes) is 5. The summed E-state index contributed by atoms with van der Waals surface area (Å²) < 4.78 is 11.4. The Labute approximate surface area is 139 Å². The van der Waals surface area contributed by atoms with Crippen LogP contribution in [0.1, 0.15) is 62.7 Å². The Bertz CT molecular complexity index is 417. The largest absolute Gasteiger partial charge is 0.491 e. The number of ether oxygens (including phenoxy) is 2. The van der Waals surface area contributed by atoms with E-state index < -0.39 is 5.24 Å². The van der Waals surface area contributed by atoms with Crippen LogP contribution in [0.25, 0.3) is 0 Å². The Balaban J connectivity index is 2.10. The summed E-state index contributed by atoms with van der Waals surface area (Å²) in [4.78, 5) is 11.0. The van der Waals surface area contributed by atoms with Gasteiger partial charge in [0.05, 0.1) is 6.10 Å². The first-order valence-corrected chi connectivity index (χ1v) is 8.55. The number of carbonyl (C=O) groups excluding carboxylic acids is 1. The Kier molecular flexibility index (Phi) is 9.93. The molecule has 4 heteroatoms. The van der Waals surface area contributed by atoms with Crippen molar-refractivity contribution in [1.82, 2.24) is 0 Å². The van der Waals surface area contributed by atoms with Gasteiger partial charge in [-0.1, -0.05) is 39.0 Å². The van der Waals surface area contributed by atoms with Crippen molar-refractivity contribution in [2.75, 3.05) is 13.2 Å². The fourth-order valence-corrected chi connectivity index (χ4v) is 2.24. The van der Waals surface area contributed by atoms with Crippen LogP contribution >= 0.6 is 11.6 Å². The average Bonchev–Trinajstić information content (AvgIpc) is 2.52. The maximum Gasteiger partial charge on any atom is 0.252 e. The Morgan fingerprint density at radius 2 is 1.73 bits per heavy atom. The van der Waals surface area contributed by atoms with Gasteiger partial charge in [0.15, 0.2) is 0 Å². The second kappa shape index (κ2) is 11.5. The first-order chi connectivity index (χ1) is 10.6. The lowest BCUT2D eigenvalue weighted by molar-refractivity contribution is 0.0302. The van der Waals surface area contributed by atoms with E-state index in [1.54, 1.807) is 24.3 Å². The summed E-state index contributed by atoms with van der Waals surface area (Å²) in [6.07, 6.45) is 7.65. The van der Waals surface area contributed by atoms with Crippen molar-refractivity contribution >= 4 is 16.8 Å². The van der Waals surface area contributed by atoms with Crippen molar-refractivity contribution in [1.29, 1.82) is 0 Å². The maximum absolute atomic E-state index is 11.0. The number of benzene rings is 1. The topological polar surface area (TPSA) is 35.5 Å². The summed E-state index contributed by atoms with van der Waals surface area (Å²) in [5.41, 5.74) is 0.474. The van der Waals surface area contributed by atoms with Gasteiger partial charge in [-0.05, 0) is 49.2 Å². The van der Waals surface area contributed by atoms with Gasteiger partial charge in [0.25, 0.3) is 5.24 Å². The predicted octanol–water partition coefficient (Wildman–Crippen LogP) is 5.21. The summed E-state index contributed by atoms with van der Waals surface area (Å²) in [5, 5.41) is -0.456. The fraction of sp³-hybridized carbons (Fsp3) is 0.611. The van der Waals surface area contributed by atoms with Crippen LogP contribution in [0.3, 0.4) is 0 Å². The number of halogens is 1. The second-order valence-corrected chi connectivity index (χ2v) is 5.90. The highest BCUT2D eigenvalue weighted by atomic mass is 35.5. The minimum atomic E-state index is -0.456. The van der Waals surface area contributed by atoms with Crippen molar-refractivity contribution in [3.05, 3.63) is 29.8 Å². The normalized spacial score (nSPS) is 12.1. The van der Waals surface area contributed by atoms with Crippen LogP contribution < -0.4 is 4.74 Å². The molecular formula is C18H27ClO3. The van der Waals surface area contributed by atoms with Gasteiger partial charge < -0.3 is 9.47 Å². The molecule has 1 aromatic rings. The first-order valence-electron chi connectivity index (χ1n) is 8.17. The van der Waals surface area contributed by atoms with Crippen molar-refractivity contribution in [2.45, 2.75) is 58.5 Å². The highest BCUT2D eigenvalue weighted by molar-refractivity contribution is 6.67. The van der Waals surface area contributed by atoms with E-state index in [1.807, 2.05) is 6.92 Å². The van der Waals surface area contributed by atoms with Gasteiger partial charge in [-0.25, -0.2) is 0 Å². The highest BCUT2D eigenvalue weighted by Crippen LogP contribution is 2.14. The summed E-state index contributed by atoms with van der Waals surface area (Å²) in [7, 11) is 0. The van der Waals surface area contributed by atoms with Gasteiger partial charge in [-0.15, -0.1) is 0 Å². The molecule has 0 amide bonds. The zero-order valence-corrected chi connectivity index (χ0v) is 14.4. The van der Waals surface area contributed by atoms with Crippen LogP contribution in [-0.2, 0) is 4.74 Å². The lowest BCUT2D eigenvalue weighted by Gasteiger charge is -2.14. The van der Waals surface area contributed by atoms with E-state index in [1.165, 1.54) is 32.1 Å². The molecule has 0 aliphatic rings. The zero-order chi connectivity index (χ0) is 16.2. The van der Waals surface area contributed by atoms with Crippen molar-refractivity contribution in [3.8, 4) is 5.75 Å². The van der Waals surface area contributed by atoms with Crippen LogP contribution in [0.4, 0.5) is 0 Å². The minimum absolute atomic E-state index is 0.0602. The number of rotatable bonds is 12. The average molecular weight is 327 g/mol. The van der Waals surface area contributed by atoms with E-state index in [2.05, 4.69) is 6.92 Å². The molecule has 0 saturated carbocycles. The van der Waals surface area contributed by atoms with Gasteiger partial charge in [0.1, 0.15) is 12.4 Å². The molecular weight excluding hydrogens is 300 g/mol. The molecule has 0 spiro atoms. The molecule has 1 atom stereocenters. The predicted molar refractivity (Wildman–Crippen MR) is 90.9 cm³/mol. The van der Waals surface area contributed by atoms with Gasteiger partial charge in [-0.2, -0.15) is 0 Å². The standard InChI is InChI=1S/C18H27ClO3/c1-3-4-5-6-7-8-13-21-15(2)14-22-17-11-9-16(10-12-17)18(19)20/h9-12,15H,3-8,13-14H2,1-2H3/t15-/m0/s1. The van der Waals surface area contributed by atoms with Crippen LogP contribution in [0.15, 0.2) is 24.3 Å². The third-order valence-corrected chi connectivity index (χ3v) is 3.68. The van der Waals surface area contributed by atoms with E-state index in [-0.39, 0.29) is 6.10 Å². The molecule has 124 valence electrons. The van der Waals surface area contributed by atoms with Gasteiger partial charge in [0, 0.05) is 12.2 Å². The Morgan fingerprint density at radius 1 is 1.09 bits per heavy atom. The molecule has 3 nitrogen and oxygen atoms in total. The molecule has 0 unspecified atom stereocenters. The van der Waals surface area contributed by atoms with E-state index in [0.29, 0.717) is 12.2 Å². The third-order valence-electron chi connectivity index (χ3n) is 3.47. The summed E-state index contributed by atoms with van der Waals surface area (Å²) in [6, 6.07) is 6.81. The van der Waals surface area contributed by atoms with Crippen LogP contribution in [-0.4, -0.2) is 24.6 Å². The van der Waals surface area contributed by atoms with Gasteiger partial charge in [0.2, 0.25) is 0 Å². The molecule has 0 radical (unpaired) electrons. The molecule has 22 heavy (non-hydrogen) atoms.